The topological polar surface area (TPSA) is 521 Å². The third kappa shape index (κ3) is 17.3. The van der Waals surface area contributed by atoms with Crippen molar-refractivity contribution in [2.45, 2.75) is 32.6 Å². The van der Waals surface area contributed by atoms with Gasteiger partial charge in [0.1, 0.15) is 27.1 Å². The van der Waals surface area contributed by atoms with Gasteiger partial charge in [-0.2, -0.15) is 45.7 Å². The maximum Gasteiger partial charge on any atom is 0.397 e. The Hall–Kier alpha value is -7.91. The fourth-order valence-electron chi connectivity index (χ4n) is 6.91. The van der Waals surface area contributed by atoms with E-state index in [-0.39, 0.29) is 34.7 Å². The van der Waals surface area contributed by atoms with E-state index in [2.05, 4.69) is 65.6 Å². The molecule has 0 radical (unpaired) electrons. The number of benzene rings is 6. The predicted molar refractivity (Wildman–Crippen MR) is 282 cm³/mol. The van der Waals surface area contributed by atoms with Crippen LogP contribution in [0.4, 0.5) is 22.7 Å². The number of nitrogens with zero attached hydrogens (tertiary/aromatic N) is 4. The summed E-state index contributed by atoms with van der Waals surface area (Å²) >= 11 is 0.403. The number of carbonyl (C=O) groups is 1. The van der Waals surface area contributed by atoms with E-state index in [4.69, 9.17) is 9.81 Å². The number of sulfone groups is 2. The lowest BCUT2D eigenvalue weighted by atomic mass is 9.99. The number of carboxylic acids is 1. The van der Waals surface area contributed by atoms with E-state index in [1.165, 1.54) is 36.4 Å². The molecule has 442 valence electrons. The Labute approximate surface area is 468 Å². The lowest BCUT2D eigenvalue weighted by Gasteiger charge is -2.12. The molecule has 0 aromatic heterocycles. The summed E-state index contributed by atoms with van der Waals surface area (Å²) in [7, 11) is -24.2. The third-order valence-electron chi connectivity index (χ3n) is 10.7. The monoisotopic (exact) mass is 1270 g/mol. The minimum absolute atomic E-state index is 0.0308. The van der Waals surface area contributed by atoms with Crippen molar-refractivity contribution in [3.63, 3.8) is 0 Å². The Kier molecular flexibility index (Phi) is 20.9. The Balaban J connectivity index is 1.20. The minimum atomic E-state index is -5.26. The normalized spacial score (nSPS) is 13.3. The number of anilines is 4. The van der Waals surface area contributed by atoms with Gasteiger partial charge in [-0.1, -0.05) is 18.2 Å². The van der Waals surface area contributed by atoms with Crippen LogP contribution >= 0.6 is 12.0 Å². The largest absolute Gasteiger partial charge is 0.478 e. The van der Waals surface area contributed by atoms with E-state index in [1.807, 2.05) is 0 Å². The highest BCUT2D eigenvalue weighted by atomic mass is 32.3. The Morgan fingerprint density at radius 1 is 0.554 bits per heavy atom. The molecule has 0 bridgehead atoms. The second-order valence-corrected chi connectivity index (χ2v) is 25.1. The lowest BCUT2D eigenvalue weighted by molar-refractivity contribution is -0.591. The standard InChI is InChI=1S/C43H38N8O26S6/c52-35-11-9-33(41(54)39(35)50-47-32-8-4-27(21-38(32)82(67,68)69)80(62,63)16-14-78-77-76-75-59)48-44-29-5-1-23(18-25(29)22-73-58)17-24-2-6-30(28(19-24)43(56)57)45-49-34-10-12-36(53)40(42(34)55)51-46-31-7-3-26(20-37(31)81(64,65)66)79(60,61)15-13-74-83(70,71)72/h1-12,18-21,44-47,58-59H,13-17,22H2,(H,56,57)(H,64,65,66)(H,67,68,69)(H,70,71,72). The summed E-state index contributed by atoms with van der Waals surface area (Å²) in [5.74, 6) is -3.51. The number of nitrogens with one attached hydrogen (secondary N) is 4. The van der Waals surface area contributed by atoms with E-state index in [0.717, 1.165) is 48.5 Å². The maximum atomic E-state index is 13.4. The third-order valence-corrected chi connectivity index (χ3v) is 17.2. The highest BCUT2D eigenvalue weighted by Crippen LogP contribution is 2.28. The van der Waals surface area contributed by atoms with Gasteiger partial charge >= 0.3 is 16.4 Å². The van der Waals surface area contributed by atoms with Gasteiger partial charge in [-0.15, -0.1) is 4.33 Å². The molecule has 0 aliphatic carbocycles. The molecule has 0 heterocycles. The van der Waals surface area contributed by atoms with E-state index in [1.54, 1.807) is 0 Å². The molecule has 6 rings (SSSR count). The molecule has 10 N–H and O–H groups in total. The van der Waals surface area contributed by atoms with Crippen LogP contribution in [0.5, 0.6) is 0 Å². The van der Waals surface area contributed by atoms with Gasteiger partial charge in [0.15, 0.2) is 30.4 Å². The van der Waals surface area contributed by atoms with Crippen molar-refractivity contribution in [3.05, 3.63) is 182 Å². The van der Waals surface area contributed by atoms with Gasteiger partial charge in [-0.3, -0.25) is 59.8 Å². The van der Waals surface area contributed by atoms with Crippen molar-refractivity contribution in [3.8, 4) is 0 Å². The van der Waals surface area contributed by atoms with Crippen LogP contribution in [0.25, 0.3) is 0 Å². The quantitative estimate of drug-likeness (QED) is 0.00945. The molecule has 0 aliphatic rings. The van der Waals surface area contributed by atoms with E-state index in [0.29, 0.717) is 35.3 Å². The van der Waals surface area contributed by atoms with Crippen LogP contribution in [0.3, 0.4) is 0 Å². The van der Waals surface area contributed by atoms with Gasteiger partial charge in [0.05, 0.1) is 56.2 Å². The number of hydrogen-bond donors (Lipinski definition) is 10. The van der Waals surface area contributed by atoms with Crippen molar-refractivity contribution < 1.29 is 99.6 Å². The van der Waals surface area contributed by atoms with Crippen molar-refractivity contribution in [2.24, 2.45) is 20.4 Å². The maximum absolute atomic E-state index is 13.4. The molecule has 0 saturated carbocycles. The molecule has 0 spiro atoms. The number of carboxylic acid groups (broad SMARTS) is 1. The summed E-state index contributed by atoms with van der Waals surface area (Å²) in [4.78, 5) is 65.5. The first-order valence-corrected chi connectivity index (χ1v) is 30.6. The second kappa shape index (κ2) is 27.0. The molecule has 0 aliphatic heterocycles. The first-order chi connectivity index (χ1) is 38.9. The van der Waals surface area contributed by atoms with Crippen LogP contribution in [-0.4, -0.2) is 101 Å². The summed E-state index contributed by atoms with van der Waals surface area (Å²) in [6, 6.07) is 16.6. The van der Waals surface area contributed by atoms with Gasteiger partial charge in [0, 0.05) is 23.4 Å². The molecule has 0 amide bonds. The van der Waals surface area contributed by atoms with Crippen LogP contribution in [0.1, 0.15) is 27.0 Å². The van der Waals surface area contributed by atoms with E-state index >= 15 is 0 Å². The molecule has 40 heteroatoms. The molecule has 6 aromatic rings. The predicted octanol–water partition coefficient (Wildman–Crippen LogP) is -1.27. The van der Waals surface area contributed by atoms with Gasteiger partial charge in [-0.05, 0) is 106 Å². The zero-order chi connectivity index (χ0) is 61.1. The average molecular weight is 1280 g/mol. The molecule has 83 heavy (non-hydrogen) atoms. The molecule has 0 unspecified atom stereocenters. The Morgan fingerprint density at radius 2 is 1.02 bits per heavy atom. The van der Waals surface area contributed by atoms with Gasteiger partial charge < -0.3 is 5.11 Å². The minimum Gasteiger partial charge on any atom is -0.478 e. The van der Waals surface area contributed by atoms with Crippen LogP contribution in [0.15, 0.2) is 156 Å². The van der Waals surface area contributed by atoms with Crippen molar-refractivity contribution in [1.29, 1.82) is 0 Å². The fraction of sp³-hybridized carbons (Fsp3) is 0.140. The second-order valence-electron chi connectivity index (χ2n) is 16.2. The first-order valence-electron chi connectivity index (χ1n) is 22.1. The number of rotatable bonds is 27. The first kappa shape index (κ1) is 64.3. The smallest absolute Gasteiger partial charge is 0.397 e. The summed E-state index contributed by atoms with van der Waals surface area (Å²) in [5.41, 5.74) is 4.45. The highest BCUT2D eigenvalue weighted by Gasteiger charge is 2.25. The van der Waals surface area contributed by atoms with E-state index < -0.39 is 155 Å². The van der Waals surface area contributed by atoms with Crippen LogP contribution in [0.2, 0.25) is 0 Å². The van der Waals surface area contributed by atoms with Gasteiger partial charge in [-0.25, -0.2) is 36.0 Å². The molecular weight excluding hydrogens is 1240 g/mol. The molecule has 0 saturated heterocycles. The summed E-state index contributed by atoms with van der Waals surface area (Å²) in [6.45, 7) is -1.55. The summed E-state index contributed by atoms with van der Waals surface area (Å²) < 4.78 is 158. The molecular formula is C43H38N8O26S6. The van der Waals surface area contributed by atoms with Crippen LogP contribution in [-0.2, 0) is 86.8 Å². The van der Waals surface area contributed by atoms with Crippen LogP contribution < -0.4 is 64.8 Å². The zero-order valence-corrected chi connectivity index (χ0v) is 46.0. The average Bonchev–Trinajstić information content (AvgIpc) is 3.62. The molecule has 0 fully saturated rings. The van der Waals surface area contributed by atoms with Gasteiger partial charge in [0.2, 0.25) is 21.7 Å². The number of hydrogen-bond acceptors (Lipinski definition) is 31. The number of aromatic carboxylic acids is 1. The van der Waals surface area contributed by atoms with Gasteiger partial charge in [0.25, 0.3) is 20.2 Å². The van der Waals surface area contributed by atoms with Crippen molar-refractivity contribution >= 4 is 91.1 Å². The summed E-state index contributed by atoms with van der Waals surface area (Å²) in [6.07, 6.45) is 0.0308. The lowest BCUT2D eigenvalue weighted by Crippen LogP contribution is -2.48. The summed E-state index contributed by atoms with van der Waals surface area (Å²) in [5, 5.41) is 47.1. The van der Waals surface area contributed by atoms with Crippen molar-refractivity contribution in [2.75, 3.05) is 45.6 Å². The molecule has 6 aromatic carbocycles. The van der Waals surface area contributed by atoms with Crippen LogP contribution in [0, 0.1) is 0 Å². The van der Waals surface area contributed by atoms with E-state index in [9.17, 15) is 85.5 Å². The molecule has 34 nitrogen and oxygen atoms in total. The fourth-order valence-corrected chi connectivity index (χ4v) is 12.0. The highest BCUT2D eigenvalue weighted by molar-refractivity contribution is 7.97. The Morgan fingerprint density at radius 3 is 1.51 bits per heavy atom. The molecule has 0 atom stereocenters. The Bertz CT molecular complexity index is 4590. The van der Waals surface area contributed by atoms with Crippen molar-refractivity contribution in [1.82, 2.24) is 0 Å². The SMILES string of the molecule is O=C(O)c1cc(Cc2ccc(NN=c3ccc(=O)c(=NNc4ccc(S(=O)(=O)CCSOOOO)cc4S(=O)(=O)O)c3=O)c(COO)c2)ccc1NN=c1ccc(=O)c(=NNc2ccc(S(=O)(=O)CCOS(=O)(=O)O)cc2S(=O)(=O)O)c1=O. The zero-order valence-electron chi connectivity index (χ0n) is 41.1.